The van der Waals surface area contributed by atoms with Crippen LogP contribution in [0.4, 0.5) is 0 Å². The van der Waals surface area contributed by atoms with Gasteiger partial charge < -0.3 is 9.13 Å². The van der Waals surface area contributed by atoms with Gasteiger partial charge in [0.2, 0.25) is 0 Å². The van der Waals surface area contributed by atoms with E-state index in [-0.39, 0.29) is 0 Å². The monoisotopic (exact) mass is 590 g/mol. The lowest BCUT2D eigenvalue weighted by molar-refractivity contribution is 1.16. The molecule has 0 bridgehead atoms. The number of hydrogen-bond donors (Lipinski definition) is 0. The smallest absolute Gasteiger partial charge is 0.0789 e. The van der Waals surface area contributed by atoms with Gasteiger partial charge in [0.15, 0.2) is 0 Å². The Hall–Kier alpha value is -5.64. The quantitative estimate of drug-likeness (QED) is 0.194. The summed E-state index contributed by atoms with van der Waals surface area (Å²) in [7, 11) is 0. The van der Waals surface area contributed by atoms with Crippen LogP contribution in [0.15, 0.2) is 158 Å². The second-order valence-corrected chi connectivity index (χ2v) is 12.8. The van der Waals surface area contributed by atoms with Gasteiger partial charge >= 0.3 is 0 Å². The molecule has 3 heterocycles. The fourth-order valence-electron chi connectivity index (χ4n) is 7.39. The lowest BCUT2D eigenvalue weighted by atomic mass is 10.1. The van der Waals surface area contributed by atoms with Crippen LogP contribution in [0.3, 0.4) is 0 Å². The van der Waals surface area contributed by atoms with Crippen LogP contribution in [0, 0.1) is 0 Å². The zero-order valence-corrected chi connectivity index (χ0v) is 25.1. The van der Waals surface area contributed by atoms with Crippen molar-refractivity contribution < 1.29 is 0 Å². The number of aromatic nitrogens is 2. The van der Waals surface area contributed by atoms with Gasteiger partial charge in [-0.05, 0) is 53.6 Å². The lowest BCUT2D eigenvalue weighted by Gasteiger charge is -2.14. The second-order valence-electron chi connectivity index (χ2n) is 11.7. The van der Waals surface area contributed by atoms with Crippen molar-refractivity contribution in [3.63, 3.8) is 0 Å². The van der Waals surface area contributed by atoms with E-state index in [1.165, 1.54) is 80.6 Å². The molecule has 0 saturated carbocycles. The van der Waals surface area contributed by atoms with Gasteiger partial charge in [0.05, 0.1) is 27.8 Å². The first-order valence-electron chi connectivity index (χ1n) is 15.4. The minimum Gasteiger partial charge on any atom is -0.307 e. The molecule has 3 heteroatoms. The molecule has 0 aliphatic rings. The molecule has 0 saturated heterocycles. The average molecular weight is 591 g/mol. The Morgan fingerprint density at radius 1 is 0.356 bits per heavy atom. The first kappa shape index (κ1) is 24.8. The Morgan fingerprint density at radius 3 is 1.64 bits per heavy atom. The van der Waals surface area contributed by atoms with Crippen LogP contribution in [0.25, 0.3) is 86.3 Å². The summed E-state index contributed by atoms with van der Waals surface area (Å²) in [6.07, 6.45) is 0. The Morgan fingerprint density at radius 2 is 0.911 bits per heavy atom. The Kier molecular flexibility index (Phi) is 5.19. The van der Waals surface area contributed by atoms with E-state index in [0.29, 0.717) is 0 Å². The molecule has 45 heavy (non-hydrogen) atoms. The van der Waals surface area contributed by atoms with Gasteiger partial charge in [-0.25, -0.2) is 0 Å². The molecule has 3 aromatic heterocycles. The number of nitrogens with zero attached hydrogens (tertiary/aromatic N) is 2. The number of fused-ring (bicyclic) bond motifs is 10. The van der Waals surface area contributed by atoms with Crippen molar-refractivity contribution in [2.75, 3.05) is 0 Å². The molecule has 2 nitrogen and oxygen atoms in total. The zero-order valence-electron chi connectivity index (χ0n) is 24.3. The minimum absolute atomic E-state index is 1.16. The highest BCUT2D eigenvalue weighted by atomic mass is 32.1. The molecule has 0 radical (unpaired) electrons. The summed E-state index contributed by atoms with van der Waals surface area (Å²) in [5, 5.41) is 7.67. The Labute approximate surface area is 263 Å². The highest BCUT2D eigenvalue weighted by Gasteiger charge is 2.22. The van der Waals surface area contributed by atoms with Crippen molar-refractivity contribution in [3.05, 3.63) is 158 Å². The first-order valence-corrected chi connectivity index (χ1v) is 16.2. The van der Waals surface area contributed by atoms with E-state index < -0.39 is 0 Å². The van der Waals surface area contributed by atoms with Crippen molar-refractivity contribution in [3.8, 4) is 22.5 Å². The summed E-state index contributed by atoms with van der Waals surface area (Å²) in [6.45, 7) is 0. The van der Waals surface area contributed by atoms with Crippen molar-refractivity contribution in [2.24, 2.45) is 0 Å². The lowest BCUT2D eigenvalue weighted by Crippen LogP contribution is -1.99. The van der Waals surface area contributed by atoms with Crippen molar-refractivity contribution in [1.29, 1.82) is 0 Å². The minimum atomic E-state index is 1.16. The molecule has 210 valence electrons. The van der Waals surface area contributed by atoms with Crippen LogP contribution in [0.5, 0.6) is 0 Å². The maximum absolute atomic E-state index is 2.53. The van der Waals surface area contributed by atoms with E-state index in [9.17, 15) is 0 Å². The fourth-order valence-corrected chi connectivity index (χ4v) is 8.52. The van der Waals surface area contributed by atoms with Crippen LogP contribution < -0.4 is 0 Å². The number of thiophene rings is 1. The Balaban J connectivity index is 1.38. The molecular weight excluding hydrogens is 565 g/mol. The van der Waals surface area contributed by atoms with Crippen LogP contribution in [0.2, 0.25) is 0 Å². The maximum Gasteiger partial charge on any atom is 0.0789 e. The molecule has 0 N–H and O–H groups in total. The molecule has 0 atom stereocenters. The molecule has 0 aliphatic heterocycles. The number of para-hydroxylation sites is 2. The standard InChI is InChI=1S/C42H26N2S/c1-2-11-27(12-3-1)28-21-23-29(24-22-28)43-35-16-7-4-13-30(35)32-25-26-33-31-14-5-8-17-36(31)44(42(33)41(32)43)37-18-10-20-39-40(37)34-15-6-9-19-38(34)45-39/h1-26H. The van der Waals surface area contributed by atoms with E-state index in [0.717, 1.165) is 5.69 Å². The van der Waals surface area contributed by atoms with Crippen LogP contribution in [-0.2, 0) is 0 Å². The number of hydrogen-bond acceptors (Lipinski definition) is 1. The van der Waals surface area contributed by atoms with Crippen molar-refractivity contribution in [2.45, 2.75) is 0 Å². The number of benzene rings is 7. The largest absolute Gasteiger partial charge is 0.307 e. The third-order valence-corrected chi connectivity index (χ3v) is 10.5. The summed E-state index contributed by atoms with van der Waals surface area (Å²) in [5.41, 5.74) is 9.72. The van der Waals surface area contributed by atoms with Crippen LogP contribution in [0.1, 0.15) is 0 Å². The number of rotatable bonds is 3. The predicted octanol–water partition coefficient (Wildman–Crippen LogP) is 11.9. The third kappa shape index (κ3) is 3.50. The molecule has 10 aromatic rings. The first-order chi connectivity index (χ1) is 22.3. The van der Waals surface area contributed by atoms with Gasteiger partial charge in [0, 0.05) is 47.4 Å². The highest BCUT2D eigenvalue weighted by molar-refractivity contribution is 7.25. The van der Waals surface area contributed by atoms with E-state index >= 15 is 0 Å². The van der Waals surface area contributed by atoms with Gasteiger partial charge in [-0.2, -0.15) is 0 Å². The maximum atomic E-state index is 2.53. The predicted molar refractivity (Wildman–Crippen MR) is 193 cm³/mol. The molecule has 0 unspecified atom stereocenters. The highest BCUT2D eigenvalue weighted by Crippen LogP contribution is 2.44. The van der Waals surface area contributed by atoms with Crippen LogP contribution >= 0.6 is 11.3 Å². The fraction of sp³-hybridized carbons (Fsp3) is 0. The zero-order chi connectivity index (χ0) is 29.5. The third-order valence-electron chi connectivity index (χ3n) is 9.32. The van der Waals surface area contributed by atoms with E-state index in [1.807, 2.05) is 11.3 Å². The summed E-state index contributed by atoms with van der Waals surface area (Å²) in [4.78, 5) is 0. The summed E-state index contributed by atoms with van der Waals surface area (Å²) in [5.74, 6) is 0. The SMILES string of the molecule is c1ccc(-c2ccc(-n3c4ccccc4c4ccc5c6ccccc6n(-c6cccc7sc8ccccc8c67)c5c43)cc2)cc1. The van der Waals surface area contributed by atoms with E-state index in [1.54, 1.807) is 0 Å². The van der Waals surface area contributed by atoms with Crippen LogP contribution in [-0.4, -0.2) is 9.13 Å². The molecule has 0 spiro atoms. The van der Waals surface area contributed by atoms with E-state index in [2.05, 4.69) is 167 Å². The van der Waals surface area contributed by atoms with Gasteiger partial charge in [-0.1, -0.05) is 115 Å². The summed E-state index contributed by atoms with van der Waals surface area (Å²) < 4.78 is 7.63. The van der Waals surface area contributed by atoms with Gasteiger partial charge in [-0.3, -0.25) is 0 Å². The van der Waals surface area contributed by atoms with Gasteiger partial charge in [-0.15, -0.1) is 11.3 Å². The molecule has 10 rings (SSSR count). The Bertz CT molecular complexity index is 2740. The topological polar surface area (TPSA) is 9.86 Å². The van der Waals surface area contributed by atoms with Crippen molar-refractivity contribution in [1.82, 2.24) is 9.13 Å². The summed E-state index contributed by atoms with van der Waals surface area (Å²) >= 11 is 1.87. The van der Waals surface area contributed by atoms with Gasteiger partial charge in [0.25, 0.3) is 0 Å². The molecular formula is C42H26N2S. The summed E-state index contributed by atoms with van der Waals surface area (Å²) in [6, 6.07) is 57.6. The normalized spacial score (nSPS) is 12.0. The average Bonchev–Trinajstić information content (AvgIpc) is 3.76. The molecule has 0 fully saturated rings. The molecule has 0 aliphatic carbocycles. The van der Waals surface area contributed by atoms with Gasteiger partial charge in [0.1, 0.15) is 0 Å². The van der Waals surface area contributed by atoms with E-state index in [4.69, 9.17) is 0 Å². The molecule has 0 amide bonds. The molecule has 7 aromatic carbocycles. The second kappa shape index (κ2) is 9.43. The van der Waals surface area contributed by atoms with Crippen molar-refractivity contribution >= 4 is 75.1 Å².